The van der Waals surface area contributed by atoms with Gasteiger partial charge in [-0.3, -0.25) is 4.79 Å². The summed E-state index contributed by atoms with van der Waals surface area (Å²) in [5.41, 5.74) is 0. The van der Waals surface area contributed by atoms with E-state index >= 15 is 0 Å². The summed E-state index contributed by atoms with van der Waals surface area (Å²) in [4.78, 5) is 12.1. The molecular weight excluding hydrogens is 508 g/mol. The molecule has 0 fully saturated rings. The van der Waals surface area contributed by atoms with Gasteiger partial charge in [0.15, 0.2) is 0 Å². The normalized spacial score (nSPS) is 12.2. The van der Waals surface area contributed by atoms with Crippen LogP contribution in [0.5, 0.6) is 0 Å². The molecule has 4 nitrogen and oxygen atoms in total. The van der Waals surface area contributed by atoms with Crippen LogP contribution in [0.2, 0.25) is 0 Å². The second-order valence-corrected chi connectivity index (χ2v) is 12.7. The third-order valence-electron chi connectivity index (χ3n) is 8.43. The molecule has 0 saturated carbocycles. The van der Waals surface area contributed by atoms with Gasteiger partial charge in [-0.05, 0) is 12.8 Å². The topological polar surface area (TPSA) is 55.8 Å². The lowest BCUT2D eigenvalue weighted by atomic mass is 10.0. The van der Waals surface area contributed by atoms with Crippen molar-refractivity contribution in [1.29, 1.82) is 0 Å². The van der Waals surface area contributed by atoms with Crippen LogP contribution in [0.25, 0.3) is 0 Å². The Morgan fingerprint density at radius 2 is 0.805 bits per heavy atom. The second kappa shape index (κ2) is 35.6. The Hall–Kier alpha value is -0.610. The molecule has 0 aromatic carbocycles. The molecule has 0 aromatic rings. The number of hydrogen-bond donors (Lipinski definition) is 1. The van der Waals surface area contributed by atoms with Gasteiger partial charge in [0.05, 0.1) is 13.2 Å². The highest BCUT2D eigenvalue weighted by Crippen LogP contribution is 2.15. The number of aliphatic hydroxyl groups excluding tert-OH is 1. The Kier molecular flexibility index (Phi) is 35.1. The van der Waals surface area contributed by atoms with Crippen molar-refractivity contribution in [2.24, 2.45) is 0 Å². The molecule has 0 rings (SSSR count). The van der Waals surface area contributed by atoms with Gasteiger partial charge >= 0.3 is 5.97 Å². The standard InChI is InChI=1S/C37H74O4/c1-3-5-7-9-11-13-15-17-18-19-21-23-25-27-29-31-33-40-35-36(34-38)41-37(39)32-30-28-26-24-22-20-16-14-12-10-8-6-4-2/h36,38H,3-35H2,1-2H3. The van der Waals surface area contributed by atoms with Gasteiger partial charge in [-0.2, -0.15) is 0 Å². The van der Waals surface area contributed by atoms with E-state index in [9.17, 15) is 9.90 Å². The van der Waals surface area contributed by atoms with E-state index in [2.05, 4.69) is 13.8 Å². The van der Waals surface area contributed by atoms with E-state index in [-0.39, 0.29) is 12.6 Å². The minimum absolute atomic E-state index is 0.163. The highest BCUT2D eigenvalue weighted by atomic mass is 16.6. The molecule has 4 heteroatoms. The zero-order valence-electron chi connectivity index (χ0n) is 28.1. The molecule has 0 spiro atoms. The minimum atomic E-state index is -0.523. The molecule has 0 aromatic heterocycles. The highest BCUT2D eigenvalue weighted by Gasteiger charge is 2.13. The van der Waals surface area contributed by atoms with Gasteiger partial charge in [-0.25, -0.2) is 0 Å². The fraction of sp³-hybridized carbons (Fsp3) is 0.973. The average Bonchev–Trinajstić information content (AvgIpc) is 2.98. The van der Waals surface area contributed by atoms with Crippen LogP contribution in [-0.2, 0) is 14.3 Å². The summed E-state index contributed by atoms with van der Waals surface area (Å²) in [6.45, 7) is 5.38. The maximum atomic E-state index is 12.1. The molecule has 0 heterocycles. The summed E-state index contributed by atoms with van der Waals surface area (Å²) >= 11 is 0. The lowest BCUT2D eigenvalue weighted by Crippen LogP contribution is -2.27. The molecule has 1 N–H and O–H groups in total. The van der Waals surface area contributed by atoms with Crippen molar-refractivity contribution in [3.63, 3.8) is 0 Å². The molecule has 246 valence electrons. The maximum Gasteiger partial charge on any atom is 0.306 e. The van der Waals surface area contributed by atoms with E-state index in [1.165, 1.54) is 167 Å². The van der Waals surface area contributed by atoms with Crippen LogP contribution in [-0.4, -0.2) is 37.0 Å². The van der Waals surface area contributed by atoms with Gasteiger partial charge in [0.2, 0.25) is 0 Å². The average molecular weight is 583 g/mol. The van der Waals surface area contributed by atoms with Gasteiger partial charge in [-0.1, -0.05) is 187 Å². The lowest BCUT2D eigenvalue weighted by Gasteiger charge is -2.16. The smallest absolute Gasteiger partial charge is 0.306 e. The Labute approximate surface area is 257 Å². The number of ether oxygens (including phenoxy) is 2. The molecule has 0 aliphatic rings. The summed E-state index contributed by atoms with van der Waals surface area (Å²) in [6.07, 6.45) is 38.5. The van der Waals surface area contributed by atoms with E-state index in [4.69, 9.17) is 9.47 Å². The summed E-state index contributed by atoms with van der Waals surface area (Å²) in [7, 11) is 0. The molecule has 1 atom stereocenters. The minimum Gasteiger partial charge on any atom is -0.457 e. The van der Waals surface area contributed by atoms with E-state index in [1.807, 2.05) is 0 Å². The molecule has 0 aliphatic heterocycles. The number of hydrogen-bond acceptors (Lipinski definition) is 4. The van der Waals surface area contributed by atoms with Crippen molar-refractivity contribution in [2.45, 2.75) is 213 Å². The predicted molar refractivity (Wildman–Crippen MR) is 178 cm³/mol. The Balaban J connectivity index is 3.37. The number of esters is 1. The van der Waals surface area contributed by atoms with E-state index < -0.39 is 6.10 Å². The van der Waals surface area contributed by atoms with Crippen molar-refractivity contribution in [2.75, 3.05) is 19.8 Å². The number of carbonyl (C=O) groups excluding carboxylic acids is 1. The van der Waals surface area contributed by atoms with Crippen molar-refractivity contribution in [3.8, 4) is 0 Å². The SMILES string of the molecule is CCCCCCCCCCCCCCCCCCOCC(CO)OC(=O)CCCCCCCCCCCCCCC. The fourth-order valence-electron chi connectivity index (χ4n) is 5.62. The van der Waals surface area contributed by atoms with Crippen LogP contribution in [0.15, 0.2) is 0 Å². The summed E-state index contributed by atoms with van der Waals surface area (Å²) in [5, 5.41) is 9.55. The first-order valence-corrected chi connectivity index (χ1v) is 18.6. The van der Waals surface area contributed by atoms with Gasteiger partial charge in [0.1, 0.15) is 6.10 Å². The summed E-state index contributed by atoms with van der Waals surface area (Å²) in [5.74, 6) is -0.196. The zero-order chi connectivity index (χ0) is 29.9. The Bertz CT molecular complexity index is 495. The molecule has 0 aliphatic carbocycles. The number of unbranched alkanes of at least 4 members (excludes halogenated alkanes) is 27. The number of carbonyl (C=O) groups is 1. The fourth-order valence-corrected chi connectivity index (χ4v) is 5.62. The second-order valence-electron chi connectivity index (χ2n) is 12.7. The van der Waals surface area contributed by atoms with Crippen LogP contribution in [0, 0.1) is 0 Å². The van der Waals surface area contributed by atoms with Crippen LogP contribution >= 0.6 is 0 Å². The maximum absolute atomic E-state index is 12.1. The van der Waals surface area contributed by atoms with Crippen LogP contribution in [0.1, 0.15) is 206 Å². The van der Waals surface area contributed by atoms with Crippen molar-refractivity contribution < 1.29 is 19.4 Å². The Morgan fingerprint density at radius 1 is 0.488 bits per heavy atom. The molecule has 0 radical (unpaired) electrons. The van der Waals surface area contributed by atoms with Crippen molar-refractivity contribution in [3.05, 3.63) is 0 Å². The molecule has 1 unspecified atom stereocenters. The summed E-state index contributed by atoms with van der Waals surface area (Å²) < 4.78 is 11.1. The number of rotatable bonds is 35. The van der Waals surface area contributed by atoms with E-state index in [0.29, 0.717) is 19.6 Å². The van der Waals surface area contributed by atoms with Crippen LogP contribution in [0.4, 0.5) is 0 Å². The van der Waals surface area contributed by atoms with Crippen LogP contribution in [0.3, 0.4) is 0 Å². The molecule has 41 heavy (non-hydrogen) atoms. The van der Waals surface area contributed by atoms with Gasteiger partial charge in [-0.15, -0.1) is 0 Å². The first kappa shape index (κ1) is 40.4. The monoisotopic (exact) mass is 583 g/mol. The summed E-state index contributed by atoms with van der Waals surface area (Å²) in [6, 6.07) is 0. The quantitative estimate of drug-likeness (QED) is 0.0596. The third-order valence-corrected chi connectivity index (χ3v) is 8.43. The third kappa shape index (κ3) is 33.8. The van der Waals surface area contributed by atoms with Gasteiger partial charge < -0.3 is 14.6 Å². The van der Waals surface area contributed by atoms with Crippen LogP contribution < -0.4 is 0 Å². The lowest BCUT2D eigenvalue weighted by molar-refractivity contribution is -0.154. The van der Waals surface area contributed by atoms with Gasteiger partial charge in [0, 0.05) is 13.0 Å². The number of aliphatic hydroxyl groups is 1. The zero-order valence-corrected chi connectivity index (χ0v) is 28.1. The molecule has 0 amide bonds. The van der Waals surface area contributed by atoms with Crippen molar-refractivity contribution in [1.82, 2.24) is 0 Å². The van der Waals surface area contributed by atoms with E-state index in [1.54, 1.807) is 0 Å². The largest absolute Gasteiger partial charge is 0.457 e. The highest BCUT2D eigenvalue weighted by molar-refractivity contribution is 5.69. The first-order chi connectivity index (χ1) is 20.2. The molecule has 0 bridgehead atoms. The van der Waals surface area contributed by atoms with Gasteiger partial charge in [0.25, 0.3) is 0 Å². The van der Waals surface area contributed by atoms with E-state index in [0.717, 1.165) is 19.3 Å². The Morgan fingerprint density at radius 3 is 1.15 bits per heavy atom. The first-order valence-electron chi connectivity index (χ1n) is 18.6. The predicted octanol–water partition coefficient (Wildman–Crippen LogP) is 11.6. The van der Waals surface area contributed by atoms with Crippen molar-refractivity contribution >= 4 is 5.97 Å². The molecule has 0 saturated heterocycles. The molecular formula is C37H74O4.